The molecule has 7 nitrogen and oxygen atoms in total. The molecule has 1 heterocycles. The summed E-state index contributed by atoms with van der Waals surface area (Å²) in [5.41, 5.74) is 0.254. The lowest BCUT2D eigenvalue weighted by molar-refractivity contribution is -0.129. The maximum absolute atomic E-state index is 12.3. The number of nitrogens with zero attached hydrogens (tertiary/aromatic N) is 2. The predicted molar refractivity (Wildman–Crippen MR) is 97.4 cm³/mol. The number of halogens is 2. The lowest BCUT2D eigenvalue weighted by atomic mass is 10.1. The third-order valence-corrected chi connectivity index (χ3v) is 4.17. The summed E-state index contributed by atoms with van der Waals surface area (Å²) in [7, 11) is 1.41. The summed E-state index contributed by atoms with van der Waals surface area (Å²) in [4.78, 5) is 35.6. The Kier molecular flexibility index (Phi) is 6.39. The fourth-order valence-corrected chi connectivity index (χ4v) is 2.72. The zero-order valence-electron chi connectivity index (χ0n) is 14.3. The van der Waals surface area contributed by atoms with Crippen LogP contribution in [0.1, 0.15) is 35.9 Å². The molecule has 2 unspecified atom stereocenters. The first-order valence-corrected chi connectivity index (χ1v) is 8.45. The van der Waals surface area contributed by atoms with Gasteiger partial charge in [-0.3, -0.25) is 9.59 Å². The quantitative estimate of drug-likeness (QED) is 0.782. The molecule has 0 saturated heterocycles. The highest BCUT2D eigenvalue weighted by Gasteiger charge is 2.22. The first-order valence-electron chi connectivity index (χ1n) is 7.69. The van der Waals surface area contributed by atoms with E-state index in [0.717, 1.165) is 4.68 Å². The molecule has 0 aliphatic heterocycles. The lowest BCUT2D eigenvalue weighted by Gasteiger charge is -2.19. The molecule has 1 aromatic carbocycles. The van der Waals surface area contributed by atoms with Crippen molar-refractivity contribution in [2.45, 2.75) is 26.0 Å². The van der Waals surface area contributed by atoms with E-state index >= 15 is 0 Å². The molecule has 0 aliphatic rings. The normalized spacial score (nSPS) is 13.0. The van der Waals surface area contributed by atoms with Crippen molar-refractivity contribution < 1.29 is 14.3 Å². The molecule has 0 saturated carbocycles. The molecule has 9 heteroatoms. The van der Waals surface area contributed by atoms with Crippen molar-refractivity contribution in [3.63, 3.8) is 0 Å². The van der Waals surface area contributed by atoms with Crippen LogP contribution in [0.4, 0.5) is 0 Å². The number of ether oxygens (including phenoxy) is 1. The lowest BCUT2D eigenvalue weighted by Crippen LogP contribution is -2.37. The fourth-order valence-electron chi connectivity index (χ4n) is 2.15. The summed E-state index contributed by atoms with van der Waals surface area (Å²) >= 11 is 12.0. The van der Waals surface area contributed by atoms with Crippen LogP contribution in [-0.2, 0) is 16.6 Å². The molecule has 1 aromatic heterocycles. The third-order valence-electron chi connectivity index (χ3n) is 3.61. The number of nitrogens with one attached hydrogen (secondary N) is 1. The summed E-state index contributed by atoms with van der Waals surface area (Å²) in [5.74, 6) is -1.30. The van der Waals surface area contributed by atoms with Crippen molar-refractivity contribution in [2.75, 3.05) is 0 Å². The van der Waals surface area contributed by atoms with Gasteiger partial charge in [-0.05, 0) is 37.6 Å². The molecule has 1 N–H and O–H groups in total. The van der Waals surface area contributed by atoms with E-state index in [0.29, 0.717) is 15.6 Å². The van der Waals surface area contributed by atoms with Crippen LogP contribution in [0.2, 0.25) is 10.0 Å². The van der Waals surface area contributed by atoms with E-state index in [1.54, 1.807) is 25.1 Å². The maximum atomic E-state index is 12.3. The van der Waals surface area contributed by atoms with Crippen LogP contribution in [0, 0.1) is 0 Å². The minimum absolute atomic E-state index is 0.0689. The van der Waals surface area contributed by atoms with E-state index in [1.807, 2.05) is 0 Å². The largest absolute Gasteiger partial charge is 0.448 e. The molecular weight excluding hydrogens is 381 g/mol. The SMILES string of the molecule is CC(OC(=O)c1ccc(=O)n(C)n1)C(=O)NC(C)c1ccc(Cl)cc1Cl. The van der Waals surface area contributed by atoms with Crippen LogP contribution in [0.5, 0.6) is 0 Å². The highest BCUT2D eigenvalue weighted by Crippen LogP contribution is 2.26. The average molecular weight is 398 g/mol. The summed E-state index contributed by atoms with van der Waals surface area (Å²) < 4.78 is 6.10. The predicted octanol–water partition coefficient (Wildman–Crippen LogP) is 2.51. The van der Waals surface area contributed by atoms with Gasteiger partial charge in [0.15, 0.2) is 11.8 Å². The summed E-state index contributed by atoms with van der Waals surface area (Å²) in [6.45, 7) is 3.18. The maximum Gasteiger partial charge on any atom is 0.359 e. The van der Waals surface area contributed by atoms with Gasteiger partial charge in [-0.15, -0.1) is 0 Å². The standard InChI is InChI=1S/C17H17Cl2N3O4/c1-9(12-5-4-11(18)8-13(12)19)20-16(24)10(2)26-17(25)14-6-7-15(23)22(3)21-14/h4-10H,1-3H3,(H,20,24). The number of aryl methyl sites for hydroxylation is 1. The number of amides is 1. The Morgan fingerprint density at radius 2 is 1.88 bits per heavy atom. The minimum Gasteiger partial charge on any atom is -0.448 e. The van der Waals surface area contributed by atoms with Crippen molar-refractivity contribution in [3.05, 3.63) is 62.0 Å². The number of hydrogen-bond donors (Lipinski definition) is 1. The molecule has 2 aromatic rings. The summed E-state index contributed by atoms with van der Waals surface area (Å²) in [5, 5.41) is 7.41. The van der Waals surface area contributed by atoms with E-state index in [-0.39, 0.29) is 11.3 Å². The molecule has 0 spiro atoms. The van der Waals surface area contributed by atoms with Gasteiger partial charge < -0.3 is 10.1 Å². The van der Waals surface area contributed by atoms with Crippen molar-refractivity contribution >= 4 is 35.1 Å². The molecule has 0 radical (unpaired) electrons. The van der Waals surface area contributed by atoms with Gasteiger partial charge in [-0.1, -0.05) is 29.3 Å². The van der Waals surface area contributed by atoms with E-state index in [4.69, 9.17) is 27.9 Å². The summed E-state index contributed by atoms with van der Waals surface area (Å²) in [6.07, 6.45) is -1.06. The van der Waals surface area contributed by atoms with Crippen molar-refractivity contribution in [1.82, 2.24) is 15.1 Å². The molecule has 0 aliphatic carbocycles. The van der Waals surface area contributed by atoms with Crippen LogP contribution in [-0.4, -0.2) is 27.8 Å². The van der Waals surface area contributed by atoms with Gasteiger partial charge >= 0.3 is 5.97 Å². The second-order valence-electron chi connectivity index (χ2n) is 5.62. The van der Waals surface area contributed by atoms with Crippen LogP contribution >= 0.6 is 23.2 Å². The van der Waals surface area contributed by atoms with E-state index in [9.17, 15) is 14.4 Å². The molecule has 0 bridgehead atoms. The molecule has 2 atom stereocenters. The van der Waals surface area contributed by atoms with E-state index in [1.165, 1.54) is 26.1 Å². The van der Waals surface area contributed by atoms with Gasteiger partial charge in [-0.2, -0.15) is 5.10 Å². The second-order valence-corrected chi connectivity index (χ2v) is 6.47. The second kappa shape index (κ2) is 8.33. The Balaban J connectivity index is 2.01. The Morgan fingerprint density at radius 3 is 2.50 bits per heavy atom. The number of esters is 1. The molecule has 1 amide bonds. The van der Waals surface area contributed by atoms with E-state index < -0.39 is 24.0 Å². The minimum atomic E-state index is -1.06. The Hall–Kier alpha value is -2.38. The van der Waals surface area contributed by atoms with Gasteiger partial charge in [-0.25, -0.2) is 9.48 Å². The highest BCUT2D eigenvalue weighted by molar-refractivity contribution is 6.35. The van der Waals surface area contributed by atoms with Gasteiger partial charge in [0.1, 0.15) is 0 Å². The molecule has 2 rings (SSSR count). The van der Waals surface area contributed by atoms with Crippen LogP contribution < -0.4 is 10.9 Å². The Bertz CT molecular complexity index is 898. The third kappa shape index (κ3) is 4.83. The zero-order valence-corrected chi connectivity index (χ0v) is 15.8. The first-order chi connectivity index (χ1) is 12.2. The highest BCUT2D eigenvalue weighted by atomic mass is 35.5. The zero-order chi connectivity index (χ0) is 19.4. The summed E-state index contributed by atoms with van der Waals surface area (Å²) in [6, 6.07) is 6.98. The number of rotatable bonds is 5. The fraction of sp³-hybridized carbons (Fsp3) is 0.294. The van der Waals surface area contributed by atoms with Crippen LogP contribution in [0.25, 0.3) is 0 Å². The van der Waals surface area contributed by atoms with Crippen LogP contribution in [0.15, 0.2) is 35.1 Å². The van der Waals surface area contributed by atoms with Crippen molar-refractivity contribution in [3.8, 4) is 0 Å². The van der Waals surface area contributed by atoms with Gasteiger partial charge in [0, 0.05) is 23.2 Å². The van der Waals surface area contributed by atoms with Crippen molar-refractivity contribution in [1.29, 1.82) is 0 Å². The molecule has 26 heavy (non-hydrogen) atoms. The van der Waals surface area contributed by atoms with Gasteiger partial charge in [0.05, 0.1) is 6.04 Å². The number of aromatic nitrogens is 2. The molecular formula is C17H17Cl2N3O4. The number of hydrogen-bond acceptors (Lipinski definition) is 5. The number of benzene rings is 1. The molecule has 0 fully saturated rings. The van der Waals surface area contributed by atoms with Crippen molar-refractivity contribution in [2.24, 2.45) is 7.05 Å². The number of carbonyl (C=O) groups is 2. The number of carbonyl (C=O) groups excluding carboxylic acids is 2. The van der Waals surface area contributed by atoms with E-state index in [2.05, 4.69) is 10.4 Å². The Labute approximate surface area is 159 Å². The smallest absolute Gasteiger partial charge is 0.359 e. The molecule has 138 valence electrons. The van der Waals surface area contributed by atoms with Gasteiger partial charge in [0.2, 0.25) is 0 Å². The first kappa shape index (κ1) is 19.9. The Morgan fingerprint density at radius 1 is 1.19 bits per heavy atom. The topological polar surface area (TPSA) is 90.3 Å². The van der Waals surface area contributed by atoms with Gasteiger partial charge in [0.25, 0.3) is 11.5 Å². The van der Waals surface area contributed by atoms with Crippen LogP contribution in [0.3, 0.4) is 0 Å². The monoisotopic (exact) mass is 397 g/mol. The average Bonchev–Trinajstić information content (AvgIpc) is 2.56.